The van der Waals surface area contributed by atoms with E-state index in [4.69, 9.17) is 4.52 Å². The summed E-state index contributed by atoms with van der Waals surface area (Å²) in [6.07, 6.45) is -3.06. The Balaban J connectivity index is 1.90. The lowest BCUT2D eigenvalue weighted by Gasteiger charge is -2.11. The first-order valence-corrected chi connectivity index (χ1v) is 8.42. The minimum atomic E-state index is -4.52. The van der Waals surface area contributed by atoms with Crippen LogP contribution in [0.25, 0.3) is 22.0 Å². The number of H-pyrrole nitrogens is 1. The maximum Gasteiger partial charge on any atom is 0.416 e. The van der Waals surface area contributed by atoms with Crippen LogP contribution >= 0.6 is 0 Å². The van der Waals surface area contributed by atoms with E-state index in [1.807, 2.05) is 0 Å². The normalized spacial score (nSPS) is 12.2. The topological polar surface area (TPSA) is 92.8 Å². The second-order valence-electron chi connectivity index (χ2n) is 6.51. The molecule has 0 saturated carbocycles. The lowest BCUT2D eigenvalue weighted by molar-refractivity contribution is -0.137. The lowest BCUT2D eigenvalue weighted by atomic mass is 9.97. The van der Waals surface area contributed by atoms with Crippen LogP contribution < -0.4 is 0 Å². The fraction of sp³-hybridized carbons (Fsp3) is 0.278. The second kappa shape index (κ2) is 6.48. The van der Waals surface area contributed by atoms with Crippen molar-refractivity contribution in [2.24, 2.45) is 0 Å². The molecule has 0 atom stereocenters. The molecule has 146 valence electrons. The summed E-state index contributed by atoms with van der Waals surface area (Å²) in [5.41, 5.74) is 1.78. The largest absolute Gasteiger partial charge is 0.416 e. The maximum absolute atomic E-state index is 13.4. The van der Waals surface area contributed by atoms with Crippen LogP contribution in [-0.4, -0.2) is 30.2 Å². The highest BCUT2D eigenvalue weighted by molar-refractivity contribution is 5.96. The molecule has 2 N–H and O–H groups in total. The Bertz CT molecular complexity index is 1160. The van der Waals surface area contributed by atoms with Crippen LogP contribution in [0.1, 0.15) is 28.4 Å². The Morgan fingerprint density at radius 2 is 2.00 bits per heavy atom. The zero-order valence-electron chi connectivity index (χ0n) is 15.0. The fourth-order valence-corrected chi connectivity index (χ4v) is 3.28. The molecule has 7 nitrogen and oxygen atoms in total. The van der Waals surface area contributed by atoms with Gasteiger partial charge in [-0.1, -0.05) is 5.16 Å². The summed E-state index contributed by atoms with van der Waals surface area (Å²) >= 11 is 0. The van der Waals surface area contributed by atoms with Gasteiger partial charge in [0.15, 0.2) is 5.76 Å². The van der Waals surface area contributed by atoms with Gasteiger partial charge in [0.05, 0.1) is 35.3 Å². The molecule has 3 aromatic heterocycles. The van der Waals surface area contributed by atoms with Gasteiger partial charge in [0.25, 0.3) is 0 Å². The summed E-state index contributed by atoms with van der Waals surface area (Å²) in [4.78, 5) is 0. The van der Waals surface area contributed by atoms with Crippen molar-refractivity contribution in [2.45, 2.75) is 33.2 Å². The number of alkyl halides is 3. The molecule has 0 unspecified atom stereocenters. The third-order valence-corrected chi connectivity index (χ3v) is 4.57. The van der Waals surface area contributed by atoms with Crippen LogP contribution in [-0.2, 0) is 19.3 Å². The highest BCUT2D eigenvalue weighted by atomic mass is 19.4. The Labute approximate surface area is 156 Å². The molecular formula is C18H16F3N5O2. The number of aryl methyl sites for hydroxylation is 1. The first kappa shape index (κ1) is 18.2. The van der Waals surface area contributed by atoms with Gasteiger partial charge in [0.1, 0.15) is 6.54 Å². The SMILES string of the molecule is Cc1cc(Cn2nc(CO)c(-c3cc(C(F)(F)F)cc4[nH]ncc34)c2C)on1. The molecule has 3 heterocycles. The molecule has 0 spiro atoms. The fourth-order valence-electron chi connectivity index (χ4n) is 3.28. The van der Waals surface area contributed by atoms with Crippen LogP contribution in [0.2, 0.25) is 0 Å². The monoisotopic (exact) mass is 391 g/mol. The van der Waals surface area contributed by atoms with Gasteiger partial charge < -0.3 is 9.63 Å². The molecule has 0 aliphatic heterocycles. The first-order valence-electron chi connectivity index (χ1n) is 8.42. The van der Waals surface area contributed by atoms with E-state index in [1.54, 1.807) is 24.6 Å². The zero-order chi connectivity index (χ0) is 20.1. The smallest absolute Gasteiger partial charge is 0.390 e. The molecule has 0 amide bonds. The summed E-state index contributed by atoms with van der Waals surface area (Å²) in [5.74, 6) is 0.552. The van der Waals surface area contributed by atoms with Crippen molar-refractivity contribution in [2.75, 3.05) is 0 Å². The van der Waals surface area contributed by atoms with Crippen molar-refractivity contribution >= 4 is 10.9 Å². The molecule has 4 aromatic rings. The van der Waals surface area contributed by atoms with Crippen LogP contribution in [0.3, 0.4) is 0 Å². The summed E-state index contributed by atoms with van der Waals surface area (Å²) < 4.78 is 46.9. The van der Waals surface area contributed by atoms with Gasteiger partial charge in [-0.15, -0.1) is 0 Å². The van der Waals surface area contributed by atoms with Gasteiger partial charge in [-0.2, -0.15) is 23.4 Å². The van der Waals surface area contributed by atoms with E-state index >= 15 is 0 Å². The molecule has 0 bridgehead atoms. The van der Waals surface area contributed by atoms with Gasteiger partial charge in [0.2, 0.25) is 0 Å². The maximum atomic E-state index is 13.4. The number of aromatic nitrogens is 5. The number of hydrogen-bond donors (Lipinski definition) is 2. The number of fused-ring (bicyclic) bond motifs is 1. The molecule has 1 aromatic carbocycles. The number of hydrogen-bond acceptors (Lipinski definition) is 5. The quantitative estimate of drug-likeness (QED) is 0.555. The molecule has 0 aliphatic rings. The Hall–Kier alpha value is -3.14. The van der Waals surface area contributed by atoms with E-state index in [-0.39, 0.29) is 17.8 Å². The molecule has 0 fully saturated rings. The molecule has 0 radical (unpaired) electrons. The van der Waals surface area contributed by atoms with E-state index < -0.39 is 18.3 Å². The van der Waals surface area contributed by atoms with E-state index in [1.165, 1.54) is 6.20 Å². The van der Waals surface area contributed by atoms with Crippen LogP contribution in [0.15, 0.2) is 28.9 Å². The van der Waals surface area contributed by atoms with E-state index in [0.717, 1.165) is 12.1 Å². The van der Waals surface area contributed by atoms with Gasteiger partial charge in [-0.05, 0) is 31.5 Å². The van der Waals surface area contributed by atoms with Crippen molar-refractivity contribution in [3.63, 3.8) is 0 Å². The van der Waals surface area contributed by atoms with Crippen molar-refractivity contribution in [1.82, 2.24) is 25.1 Å². The average molecular weight is 391 g/mol. The lowest BCUT2D eigenvalue weighted by Crippen LogP contribution is -2.05. The molecule has 28 heavy (non-hydrogen) atoms. The summed E-state index contributed by atoms with van der Waals surface area (Å²) in [6.45, 7) is 3.34. The number of aliphatic hydroxyl groups excluding tert-OH is 1. The number of aromatic amines is 1. The first-order chi connectivity index (χ1) is 13.3. The van der Waals surface area contributed by atoms with Gasteiger partial charge in [-0.3, -0.25) is 9.78 Å². The van der Waals surface area contributed by atoms with Crippen LogP contribution in [0.4, 0.5) is 13.2 Å². The van der Waals surface area contributed by atoms with Crippen molar-refractivity contribution in [1.29, 1.82) is 0 Å². The van der Waals surface area contributed by atoms with E-state index in [0.29, 0.717) is 33.7 Å². The summed E-state index contributed by atoms with van der Waals surface area (Å²) in [7, 11) is 0. The zero-order valence-corrected chi connectivity index (χ0v) is 15.0. The highest BCUT2D eigenvalue weighted by Gasteiger charge is 2.32. The van der Waals surface area contributed by atoms with Crippen molar-refractivity contribution in [3.8, 4) is 11.1 Å². The average Bonchev–Trinajstić information content (AvgIpc) is 3.33. The van der Waals surface area contributed by atoms with E-state index in [9.17, 15) is 18.3 Å². The number of aliphatic hydroxyl groups is 1. The molecule has 0 saturated heterocycles. The summed E-state index contributed by atoms with van der Waals surface area (Å²) in [5, 5.41) is 24.9. The predicted octanol–water partition coefficient (Wildman–Crippen LogP) is 3.59. The minimum Gasteiger partial charge on any atom is -0.390 e. The standard InChI is InChI=1S/C18H16F3N5O2/c1-9-3-12(28-25-9)7-26-10(2)17(16(8-27)24-26)13-4-11(18(19,20)21)5-15-14(13)6-22-23-15/h3-6,27H,7-8H2,1-2H3,(H,22,23). The highest BCUT2D eigenvalue weighted by Crippen LogP contribution is 2.39. The van der Waals surface area contributed by atoms with Gasteiger partial charge >= 0.3 is 6.18 Å². The Kier molecular flexibility index (Phi) is 4.22. The van der Waals surface area contributed by atoms with Crippen LogP contribution in [0.5, 0.6) is 0 Å². The molecular weight excluding hydrogens is 375 g/mol. The third kappa shape index (κ3) is 3.05. The Morgan fingerprint density at radius 1 is 1.21 bits per heavy atom. The number of halogens is 3. The molecule has 0 aliphatic carbocycles. The second-order valence-corrected chi connectivity index (χ2v) is 6.51. The molecule has 10 heteroatoms. The van der Waals surface area contributed by atoms with Crippen molar-refractivity contribution in [3.05, 3.63) is 52.8 Å². The van der Waals surface area contributed by atoms with Gasteiger partial charge in [-0.25, -0.2) is 0 Å². The number of rotatable bonds is 4. The number of benzene rings is 1. The van der Waals surface area contributed by atoms with E-state index in [2.05, 4.69) is 20.5 Å². The number of nitrogens with one attached hydrogen (secondary N) is 1. The van der Waals surface area contributed by atoms with Gasteiger partial charge in [0, 0.05) is 22.7 Å². The summed E-state index contributed by atoms with van der Waals surface area (Å²) in [6, 6.07) is 3.82. The van der Waals surface area contributed by atoms with Crippen molar-refractivity contribution < 1.29 is 22.8 Å². The van der Waals surface area contributed by atoms with Crippen LogP contribution in [0, 0.1) is 13.8 Å². The predicted molar refractivity (Wildman–Crippen MR) is 93.3 cm³/mol. The molecule has 4 rings (SSSR count). The minimum absolute atomic E-state index is 0.243. The third-order valence-electron chi connectivity index (χ3n) is 4.57. The number of nitrogens with zero attached hydrogens (tertiary/aromatic N) is 4. The Morgan fingerprint density at radius 3 is 2.64 bits per heavy atom.